The van der Waals surface area contributed by atoms with Crippen molar-refractivity contribution in [2.75, 3.05) is 0 Å². The van der Waals surface area contributed by atoms with Crippen LogP contribution in [0, 0.1) is 6.92 Å². The van der Waals surface area contributed by atoms with E-state index in [2.05, 4.69) is 15.9 Å². The van der Waals surface area contributed by atoms with Gasteiger partial charge in [0.25, 0.3) is 0 Å². The number of aryl methyl sites for hydroxylation is 1. The van der Waals surface area contributed by atoms with Crippen LogP contribution in [0.2, 0.25) is 0 Å². The minimum Gasteiger partial charge on any atom is -0.506 e. The largest absolute Gasteiger partial charge is 0.506 e. The number of carbonyl (C=O) groups is 1. The van der Waals surface area contributed by atoms with Gasteiger partial charge in [-0.15, -0.1) is 0 Å². The van der Waals surface area contributed by atoms with Crippen LogP contribution in [0.5, 0.6) is 5.75 Å². The van der Waals surface area contributed by atoms with Crippen molar-refractivity contribution in [1.82, 2.24) is 0 Å². The van der Waals surface area contributed by atoms with E-state index < -0.39 is 0 Å². The lowest BCUT2D eigenvalue weighted by atomic mass is 10.1. The zero-order valence-corrected chi connectivity index (χ0v) is 9.18. The first kappa shape index (κ1) is 10.3. The number of phenols is 1. The van der Waals surface area contributed by atoms with Crippen LogP contribution in [0.3, 0.4) is 0 Å². The predicted octanol–water partition coefficient (Wildman–Crippen LogP) is 3.06. The summed E-state index contributed by atoms with van der Waals surface area (Å²) in [6, 6.07) is 3.48. The van der Waals surface area contributed by atoms with Gasteiger partial charge in [-0.25, -0.2) is 0 Å². The highest BCUT2D eigenvalue weighted by Crippen LogP contribution is 2.29. The molecule has 0 spiro atoms. The Morgan fingerprint density at radius 3 is 2.69 bits per heavy atom. The Morgan fingerprint density at radius 2 is 2.15 bits per heavy atom. The monoisotopic (exact) mass is 242 g/mol. The van der Waals surface area contributed by atoms with E-state index >= 15 is 0 Å². The number of rotatable bonds is 2. The average molecular weight is 243 g/mol. The molecule has 0 aromatic heterocycles. The van der Waals surface area contributed by atoms with E-state index in [1.54, 1.807) is 19.1 Å². The zero-order chi connectivity index (χ0) is 10.0. The second-order valence-corrected chi connectivity index (χ2v) is 3.77. The van der Waals surface area contributed by atoms with E-state index in [0.29, 0.717) is 16.5 Å². The van der Waals surface area contributed by atoms with Gasteiger partial charge >= 0.3 is 0 Å². The van der Waals surface area contributed by atoms with Gasteiger partial charge in [-0.3, -0.25) is 4.79 Å². The smallest absolute Gasteiger partial charge is 0.166 e. The van der Waals surface area contributed by atoms with Crippen LogP contribution in [0.25, 0.3) is 0 Å². The summed E-state index contributed by atoms with van der Waals surface area (Å²) in [6.07, 6.45) is 0.406. The van der Waals surface area contributed by atoms with Crippen molar-refractivity contribution in [2.45, 2.75) is 20.3 Å². The molecule has 1 rings (SSSR count). The van der Waals surface area contributed by atoms with E-state index in [1.165, 1.54) is 0 Å². The molecule has 0 amide bonds. The van der Waals surface area contributed by atoms with Crippen molar-refractivity contribution in [3.05, 3.63) is 27.7 Å². The van der Waals surface area contributed by atoms with E-state index in [4.69, 9.17) is 0 Å². The number of halogens is 1. The molecule has 1 aromatic rings. The molecule has 3 heteroatoms. The highest BCUT2D eigenvalue weighted by Gasteiger charge is 2.12. The third kappa shape index (κ3) is 2.10. The second-order valence-electron chi connectivity index (χ2n) is 2.92. The third-order valence-corrected chi connectivity index (χ3v) is 2.43. The minimum atomic E-state index is -0.0399. The standard InChI is InChI=1S/C10H11BrO2/c1-3-9(12)7-4-6(2)5-8(11)10(7)13/h4-5,13H,3H2,1-2H3. The Labute approximate surface area is 85.7 Å². The molecule has 0 bridgehead atoms. The first-order chi connectivity index (χ1) is 6.06. The molecule has 0 aliphatic heterocycles. The summed E-state index contributed by atoms with van der Waals surface area (Å²) in [4.78, 5) is 11.4. The molecule has 2 nitrogen and oxygen atoms in total. The van der Waals surface area contributed by atoms with E-state index in [0.717, 1.165) is 5.56 Å². The topological polar surface area (TPSA) is 37.3 Å². The molecule has 0 saturated heterocycles. The predicted molar refractivity (Wildman–Crippen MR) is 55.2 cm³/mol. The maximum Gasteiger partial charge on any atom is 0.166 e. The molecule has 0 heterocycles. The number of hydrogen-bond acceptors (Lipinski definition) is 2. The summed E-state index contributed by atoms with van der Waals surface area (Å²) in [6.45, 7) is 3.66. The highest BCUT2D eigenvalue weighted by atomic mass is 79.9. The molecular weight excluding hydrogens is 232 g/mol. The van der Waals surface area contributed by atoms with Gasteiger partial charge < -0.3 is 5.11 Å². The molecule has 0 fully saturated rings. The van der Waals surface area contributed by atoms with Gasteiger partial charge in [0.1, 0.15) is 5.75 Å². The Balaban J connectivity index is 3.28. The van der Waals surface area contributed by atoms with Gasteiger partial charge in [0, 0.05) is 6.42 Å². The lowest BCUT2D eigenvalue weighted by molar-refractivity contribution is 0.0985. The van der Waals surface area contributed by atoms with E-state index in [9.17, 15) is 9.90 Å². The van der Waals surface area contributed by atoms with Gasteiger partial charge in [0.2, 0.25) is 0 Å². The maximum absolute atomic E-state index is 11.4. The number of carbonyl (C=O) groups excluding carboxylic acids is 1. The molecule has 0 unspecified atom stereocenters. The van der Waals surface area contributed by atoms with Gasteiger partial charge in [-0.2, -0.15) is 0 Å². The second kappa shape index (κ2) is 3.92. The number of hydrogen-bond donors (Lipinski definition) is 1. The molecule has 1 N–H and O–H groups in total. The number of aromatic hydroxyl groups is 1. The Bertz CT molecular complexity index is 345. The fraction of sp³-hybridized carbons (Fsp3) is 0.300. The van der Waals surface area contributed by atoms with Gasteiger partial charge in [-0.1, -0.05) is 6.92 Å². The van der Waals surface area contributed by atoms with Gasteiger partial charge in [0.05, 0.1) is 10.0 Å². The molecule has 0 atom stereocenters. The number of ketones is 1. The number of Topliss-reactive ketones (excluding diaryl/α,β-unsaturated/α-hetero) is 1. The average Bonchev–Trinajstić information content (AvgIpc) is 2.10. The van der Waals surface area contributed by atoms with Crippen molar-refractivity contribution in [1.29, 1.82) is 0 Å². The highest BCUT2D eigenvalue weighted by molar-refractivity contribution is 9.10. The third-order valence-electron chi connectivity index (χ3n) is 1.83. The van der Waals surface area contributed by atoms with E-state index in [-0.39, 0.29) is 11.5 Å². The lowest BCUT2D eigenvalue weighted by Crippen LogP contribution is -1.98. The van der Waals surface area contributed by atoms with Crippen LogP contribution < -0.4 is 0 Å². The molecule has 0 radical (unpaired) electrons. The first-order valence-corrected chi connectivity index (χ1v) is 4.88. The van der Waals surface area contributed by atoms with Crippen LogP contribution in [-0.4, -0.2) is 10.9 Å². The molecule has 0 saturated carbocycles. The van der Waals surface area contributed by atoms with Crippen LogP contribution in [0.4, 0.5) is 0 Å². The zero-order valence-electron chi connectivity index (χ0n) is 7.60. The Morgan fingerprint density at radius 1 is 1.54 bits per heavy atom. The minimum absolute atomic E-state index is 0.0393. The number of benzene rings is 1. The quantitative estimate of drug-likeness (QED) is 0.810. The Kier molecular flexibility index (Phi) is 3.09. The molecule has 0 aliphatic carbocycles. The fourth-order valence-electron chi connectivity index (χ4n) is 1.14. The summed E-state index contributed by atoms with van der Waals surface area (Å²) in [5.41, 5.74) is 1.36. The molecular formula is C10H11BrO2. The van der Waals surface area contributed by atoms with Crippen molar-refractivity contribution in [2.24, 2.45) is 0 Å². The van der Waals surface area contributed by atoms with Crippen molar-refractivity contribution < 1.29 is 9.90 Å². The van der Waals surface area contributed by atoms with Crippen LogP contribution in [-0.2, 0) is 0 Å². The maximum atomic E-state index is 11.4. The molecule has 13 heavy (non-hydrogen) atoms. The van der Waals surface area contributed by atoms with Crippen molar-refractivity contribution >= 4 is 21.7 Å². The normalized spacial score (nSPS) is 10.1. The Hall–Kier alpha value is -0.830. The van der Waals surface area contributed by atoms with Gasteiger partial charge in [-0.05, 0) is 40.5 Å². The summed E-state index contributed by atoms with van der Waals surface area (Å²) in [5, 5.41) is 9.56. The SMILES string of the molecule is CCC(=O)c1cc(C)cc(Br)c1O. The molecule has 70 valence electrons. The summed E-state index contributed by atoms with van der Waals surface area (Å²) in [5.74, 6) is -0.000602. The van der Waals surface area contributed by atoms with Crippen LogP contribution in [0.1, 0.15) is 29.3 Å². The molecule has 0 aliphatic rings. The van der Waals surface area contributed by atoms with Crippen molar-refractivity contribution in [3.63, 3.8) is 0 Å². The molecule has 1 aromatic carbocycles. The van der Waals surface area contributed by atoms with E-state index in [1.807, 2.05) is 6.92 Å². The van der Waals surface area contributed by atoms with Crippen molar-refractivity contribution in [3.8, 4) is 5.75 Å². The van der Waals surface area contributed by atoms with Gasteiger partial charge in [0.15, 0.2) is 5.78 Å². The fourth-order valence-corrected chi connectivity index (χ4v) is 1.71. The summed E-state index contributed by atoms with van der Waals surface area (Å²) >= 11 is 3.19. The number of phenolic OH excluding ortho intramolecular Hbond substituents is 1. The van der Waals surface area contributed by atoms with Crippen LogP contribution in [0.15, 0.2) is 16.6 Å². The van der Waals surface area contributed by atoms with Crippen LogP contribution >= 0.6 is 15.9 Å². The lowest BCUT2D eigenvalue weighted by Gasteiger charge is -2.05. The first-order valence-electron chi connectivity index (χ1n) is 4.08. The summed E-state index contributed by atoms with van der Waals surface area (Å²) in [7, 11) is 0. The summed E-state index contributed by atoms with van der Waals surface area (Å²) < 4.78 is 0.573.